The highest BCUT2D eigenvalue weighted by atomic mass is 35.5. The van der Waals surface area contributed by atoms with Crippen LogP contribution in [-0.2, 0) is 22.7 Å². The smallest absolute Gasteiger partial charge is 0.338 e. The van der Waals surface area contributed by atoms with Gasteiger partial charge < -0.3 is 19.4 Å². The van der Waals surface area contributed by atoms with Crippen molar-refractivity contribution >= 4 is 52.5 Å². The first-order valence-electron chi connectivity index (χ1n) is 10.1. The number of ether oxygens (including phenoxy) is 2. The van der Waals surface area contributed by atoms with Gasteiger partial charge in [0, 0.05) is 17.3 Å². The van der Waals surface area contributed by atoms with E-state index in [1.54, 1.807) is 49.4 Å². The summed E-state index contributed by atoms with van der Waals surface area (Å²) in [6.07, 6.45) is 0. The van der Waals surface area contributed by atoms with Gasteiger partial charge in [0.15, 0.2) is 11.0 Å². The topological polar surface area (TPSA) is 95.3 Å². The van der Waals surface area contributed by atoms with Gasteiger partial charge in [-0.05, 0) is 56.3 Å². The number of nitrogens with zero attached hydrogens (tertiary/aromatic N) is 3. The van der Waals surface area contributed by atoms with Gasteiger partial charge in [-0.3, -0.25) is 4.79 Å². The number of hydrogen-bond acceptors (Lipinski definition) is 7. The fourth-order valence-corrected chi connectivity index (χ4v) is 4.10. The van der Waals surface area contributed by atoms with Crippen molar-refractivity contribution in [1.29, 1.82) is 0 Å². The molecule has 2 aromatic carbocycles. The van der Waals surface area contributed by atoms with Gasteiger partial charge in [-0.25, -0.2) is 4.79 Å². The van der Waals surface area contributed by atoms with Crippen molar-refractivity contribution in [3.63, 3.8) is 0 Å². The van der Waals surface area contributed by atoms with Crippen LogP contribution in [0.25, 0.3) is 0 Å². The molecule has 0 fully saturated rings. The van der Waals surface area contributed by atoms with Crippen molar-refractivity contribution in [2.45, 2.75) is 32.2 Å². The number of rotatable bonds is 10. The van der Waals surface area contributed by atoms with Crippen molar-refractivity contribution in [1.82, 2.24) is 14.8 Å². The number of aromatic nitrogens is 3. The predicted octanol–water partition coefficient (Wildman–Crippen LogP) is 5.09. The molecule has 8 nitrogen and oxygen atoms in total. The van der Waals surface area contributed by atoms with Crippen molar-refractivity contribution in [2.24, 2.45) is 0 Å². The Bertz CT molecular complexity index is 1120. The zero-order valence-electron chi connectivity index (χ0n) is 18.0. The molecule has 1 aromatic heterocycles. The Kier molecular flexibility index (Phi) is 8.99. The van der Waals surface area contributed by atoms with Gasteiger partial charge in [0.05, 0.1) is 22.9 Å². The van der Waals surface area contributed by atoms with Crippen LogP contribution >= 0.6 is 35.0 Å². The zero-order valence-corrected chi connectivity index (χ0v) is 20.3. The highest BCUT2D eigenvalue weighted by Gasteiger charge is 2.15. The number of amides is 1. The second-order valence-corrected chi connectivity index (χ2v) is 8.43. The fraction of sp³-hybridized carbons (Fsp3) is 0.273. The van der Waals surface area contributed by atoms with E-state index in [1.807, 2.05) is 11.5 Å². The summed E-state index contributed by atoms with van der Waals surface area (Å²) in [5.74, 6) is 0.639. The Morgan fingerprint density at radius 3 is 2.52 bits per heavy atom. The maximum Gasteiger partial charge on any atom is 0.338 e. The molecule has 0 saturated carbocycles. The van der Waals surface area contributed by atoms with E-state index < -0.39 is 5.97 Å². The maximum absolute atomic E-state index is 12.4. The van der Waals surface area contributed by atoms with Crippen LogP contribution in [0.5, 0.6) is 5.75 Å². The van der Waals surface area contributed by atoms with Gasteiger partial charge >= 0.3 is 5.97 Å². The average molecular weight is 509 g/mol. The lowest BCUT2D eigenvalue weighted by Gasteiger charge is -2.10. The van der Waals surface area contributed by atoms with Crippen LogP contribution in [0.15, 0.2) is 47.6 Å². The SMILES string of the molecule is CCOC(=O)c1ccc(NC(=O)CSc2nnc(COc3ccc(Cl)cc3Cl)n2CC)cc1. The molecule has 3 aromatic rings. The van der Waals surface area contributed by atoms with Crippen LogP contribution < -0.4 is 10.1 Å². The Morgan fingerprint density at radius 1 is 1.09 bits per heavy atom. The number of halogens is 2. The zero-order chi connectivity index (χ0) is 23.8. The maximum atomic E-state index is 12.4. The standard InChI is InChI=1S/C22H22Cl2N4O4S/c1-3-28-19(12-32-18-10-7-15(23)11-17(18)24)26-27-22(28)33-13-20(29)25-16-8-5-14(6-9-16)21(30)31-4-2/h5-11H,3-4,12-13H2,1-2H3,(H,25,29). The first-order valence-corrected chi connectivity index (χ1v) is 11.8. The van der Waals surface area contributed by atoms with E-state index in [0.29, 0.717) is 51.2 Å². The molecular weight excluding hydrogens is 487 g/mol. The molecule has 0 radical (unpaired) electrons. The van der Waals surface area contributed by atoms with Crippen molar-refractivity contribution in [3.05, 3.63) is 63.9 Å². The molecule has 11 heteroatoms. The number of hydrogen-bond donors (Lipinski definition) is 1. The van der Waals surface area contributed by atoms with Gasteiger partial charge in [-0.15, -0.1) is 10.2 Å². The third kappa shape index (κ3) is 6.86. The van der Waals surface area contributed by atoms with E-state index in [9.17, 15) is 9.59 Å². The average Bonchev–Trinajstić information content (AvgIpc) is 3.19. The summed E-state index contributed by atoms with van der Waals surface area (Å²) in [5, 5.41) is 12.7. The van der Waals surface area contributed by atoms with Crippen molar-refractivity contribution < 1.29 is 19.1 Å². The van der Waals surface area contributed by atoms with E-state index in [-0.39, 0.29) is 18.3 Å². The normalized spacial score (nSPS) is 10.7. The van der Waals surface area contributed by atoms with E-state index >= 15 is 0 Å². The lowest BCUT2D eigenvalue weighted by molar-refractivity contribution is -0.113. The first kappa shape index (κ1) is 24.9. The summed E-state index contributed by atoms with van der Waals surface area (Å²) >= 11 is 13.3. The fourth-order valence-electron chi connectivity index (χ4n) is 2.82. The molecule has 0 unspecified atom stereocenters. The summed E-state index contributed by atoms with van der Waals surface area (Å²) in [6.45, 7) is 4.78. The minimum Gasteiger partial charge on any atom is -0.484 e. The number of thioether (sulfide) groups is 1. The minimum absolute atomic E-state index is 0.141. The highest BCUT2D eigenvalue weighted by molar-refractivity contribution is 7.99. The lowest BCUT2D eigenvalue weighted by atomic mass is 10.2. The highest BCUT2D eigenvalue weighted by Crippen LogP contribution is 2.28. The third-order valence-electron chi connectivity index (χ3n) is 4.37. The molecule has 33 heavy (non-hydrogen) atoms. The van der Waals surface area contributed by atoms with Crippen LogP contribution in [0, 0.1) is 0 Å². The molecule has 0 aliphatic heterocycles. The summed E-state index contributed by atoms with van der Waals surface area (Å²) in [7, 11) is 0. The van der Waals surface area contributed by atoms with Crippen LogP contribution in [0.1, 0.15) is 30.0 Å². The quantitative estimate of drug-likeness (QED) is 0.300. The molecular formula is C22H22Cl2N4O4S. The molecule has 0 spiro atoms. The summed E-state index contributed by atoms with van der Waals surface area (Å²) < 4.78 is 12.6. The molecule has 1 N–H and O–H groups in total. The van der Waals surface area contributed by atoms with Crippen LogP contribution in [0.4, 0.5) is 5.69 Å². The number of benzene rings is 2. The predicted molar refractivity (Wildman–Crippen MR) is 128 cm³/mol. The summed E-state index contributed by atoms with van der Waals surface area (Å²) in [5.41, 5.74) is 1.01. The van der Waals surface area contributed by atoms with Crippen LogP contribution in [0.2, 0.25) is 10.0 Å². The van der Waals surface area contributed by atoms with E-state index in [2.05, 4.69) is 15.5 Å². The number of anilines is 1. The number of carbonyl (C=O) groups excluding carboxylic acids is 2. The van der Waals surface area contributed by atoms with E-state index in [1.165, 1.54) is 11.8 Å². The number of nitrogens with one attached hydrogen (secondary N) is 1. The van der Waals surface area contributed by atoms with Crippen molar-refractivity contribution in [3.8, 4) is 5.75 Å². The monoisotopic (exact) mass is 508 g/mol. The molecule has 1 heterocycles. The van der Waals surface area contributed by atoms with Crippen LogP contribution in [-0.4, -0.2) is 39.0 Å². The lowest BCUT2D eigenvalue weighted by Crippen LogP contribution is -2.15. The van der Waals surface area contributed by atoms with Gasteiger partial charge in [0.25, 0.3) is 0 Å². The van der Waals surface area contributed by atoms with Crippen molar-refractivity contribution in [2.75, 3.05) is 17.7 Å². The van der Waals surface area contributed by atoms with Gasteiger partial charge in [0.1, 0.15) is 12.4 Å². The molecule has 0 aliphatic rings. The van der Waals surface area contributed by atoms with E-state index in [0.717, 1.165) is 0 Å². The van der Waals surface area contributed by atoms with E-state index in [4.69, 9.17) is 32.7 Å². The molecule has 1 amide bonds. The third-order valence-corrected chi connectivity index (χ3v) is 5.87. The first-order chi connectivity index (χ1) is 15.9. The van der Waals surface area contributed by atoms with Crippen LogP contribution in [0.3, 0.4) is 0 Å². The summed E-state index contributed by atoms with van der Waals surface area (Å²) in [4.78, 5) is 24.1. The van der Waals surface area contributed by atoms with Gasteiger partial charge in [0.2, 0.25) is 5.91 Å². The largest absolute Gasteiger partial charge is 0.484 e. The Morgan fingerprint density at radius 2 is 1.85 bits per heavy atom. The van der Waals surface area contributed by atoms with Gasteiger partial charge in [-0.2, -0.15) is 0 Å². The second-order valence-electron chi connectivity index (χ2n) is 6.64. The second kappa shape index (κ2) is 11.9. The molecule has 3 rings (SSSR count). The Balaban J connectivity index is 1.55. The number of esters is 1. The Hall–Kier alpha value is -2.75. The molecule has 174 valence electrons. The molecule has 0 saturated heterocycles. The Labute approximate surface area is 205 Å². The summed E-state index contributed by atoms with van der Waals surface area (Å²) in [6, 6.07) is 11.5. The number of carbonyl (C=O) groups is 2. The molecule has 0 atom stereocenters. The molecule has 0 aliphatic carbocycles. The minimum atomic E-state index is -0.400. The molecule has 0 bridgehead atoms. The van der Waals surface area contributed by atoms with Gasteiger partial charge in [-0.1, -0.05) is 35.0 Å².